The fourth-order valence-corrected chi connectivity index (χ4v) is 2.33. The lowest BCUT2D eigenvalue weighted by Gasteiger charge is -2.04. The molecule has 5 heteroatoms. The number of nitrogens with one attached hydrogen (secondary N) is 1. The minimum Gasteiger partial charge on any atom is -0.464 e. The molecule has 2 rings (SSSR count). The van der Waals surface area contributed by atoms with Gasteiger partial charge in [0, 0.05) is 11.8 Å². The number of hydrogen-bond donors (Lipinski definition) is 3. The van der Waals surface area contributed by atoms with Gasteiger partial charge in [0.1, 0.15) is 11.5 Å². The summed E-state index contributed by atoms with van der Waals surface area (Å²) in [7, 11) is 0. The number of rotatable bonds is 8. The van der Waals surface area contributed by atoms with Gasteiger partial charge < -0.3 is 19.9 Å². The van der Waals surface area contributed by atoms with E-state index in [-0.39, 0.29) is 6.61 Å². The predicted octanol–water partition coefficient (Wildman–Crippen LogP) is 1.12. The molecule has 1 aromatic rings. The molecule has 1 saturated carbocycles. The summed E-state index contributed by atoms with van der Waals surface area (Å²) >= 11 is 1.56. The summed E-state index contributed by atoms with van der Waals surface area (Å²) in [5, 5.41) is 21.2. The Morgan fingerprint density at radius 1 is 1.41 bits per heavy atom. The summed E-state index contributed by atoms with van der Waals surface area (Å²) in [6.45, 7) is 0.621. The Balaban J connectivity index is 1.66. The van der Waals surface area contributed by atoms with Crippen molar-refractivity contribution in [1.82, 2.24) is 5.32 Å². The van der Waals surface area contributed by atoms with Gasteiger partial charge in [-0.05, 0) is 25.0 Å². The van der Waals surface area contributed by atoms with Crippen LogP contribution < -0.4 is 5.32 Å². The molecule has 0 aliphatic heterocycles. The Labute approximate surface area is 105 Å². The maximum absolute atomic E-state index is 9.18. The Hall–Kier alpha value is -0.490. The molecule has 1 aliphatic rings. The van der Waals surface area contributed by atoms with Gasteiger partial charge in [-0.3, -0.25) is 0 Å². The summed E-state index contributed by atoms with van der Waals surface area (Å²) in [6, 6.07) is 4.66. The van der Waals surface area contributed by atoms with Crippen LogP contribution in [0.15, 0.2) is 16.5 Å². The van der Waals surface area contributed by atoms with Crippen LogP contribution in [0, 0.1) is 0 Å². The van der Waals surface area contributed by atoms with Crippen molar-refractivity contribution in [3.63, 3.8) is 0 Å². The molecule has 0 saturated heterocycles. The summed E-state index contributed by atoms with van der Waals surface area (Å²) in [4.78, 5) is 0. The second kappa shape index (κ2) is 6.44. The Bertz CT molecular complexity index is 338. The zero-order valence-corrected chi connectivity index (χ0v) is 10.6. The summed E-state index contributed by atoms with van der Waals surface area (Å²) in [5.41, 5.74) is 0. The van der Waals surface area contributed by atoms with Crippen molar-refractivity contribution >= 4 is 11.8 Å². The zero-order valence-electron chi connectivity index (χ0n) is 9.76. The van der Waals surface area contributed by atoms with Crippen LogP contribution in [-0.2, 0) is 12.3 Å². The summed E-state index contributed by atoms with van der Waals surface area (Å²) < 4.78 is 5.65. The molecule has 3 N–H and O–H groups in total. The van der Waals surface area contributed by atoms with Crippen LogP contribution in [-0.4, -0.2) is 34.7 Å². The molecular weight excluding hydrogens is 238 g/mol. The number of aliphatic hydroxyl groups is 2. The van der Waals surface area contributed by atoms with E-state index in [1.165, 1.54) is 12.8 Å². The minimum atomic E-state index is -0.633. The van der Waals surface area contributed by atoms with E-state index in [4.69, 9.17) is 9.52 Å². The molecule has 1 fully saturated rings. The van der Waals surface area contributed by atoms with Crippen LogP contribution in [0.25, 0.3) is 0 Å². The Morgan fingerprint density at radius 3 is 2.88 bits per heavy atom. The van der Waals surface area contributed by atoms with Crippen molar-refractivity contribution in [3.05, 3.63) is 23.7 Å². The quantitative estimate of drug-likeness (QED) is 0.651. The van der Waals surface area contributed by atoms with Crippen molar-refractivity contribution in [2.24, 2.45) is 0 Å². The van der Waals surface area contributed by atoms with E-state index in [1.807, 2.05) is 12.1 Å². The molecule has 1 aliphatic carbocycles. The number of thioether (sulfide) groups is 1. The lowest BCUT2D eigenvalue weighted by Crippen LogP contribution is -2.14. The van der Waals surface area contributed by atoms with Crippen LogP contribution in [0.4, 0.5) is 0 Å². The maximum Gasteiger partial charge on any atom is 0.118 e. The van der Waals surface area contributed by atoms with Gasteiger partial charge >= 0.3 is 0 Å². The highest BCUT2D eigenvalue weighted by Gasteiger charge is 2.20. The van der Waals surface area contributed by atoms with Crippen molar-refractivity contribution in [1.29, 1.82) is 0 Å². The van der Waals surface area contributed by atoms with Gasteiger partial charge in [0.15, 0.2) is 0 Å². The first-order valence-electron chi connectivity index (χ1n) is 5.95. The van der Waals surface area contributed by atoms with E-state index in [9.17, 15) is 5.11 Å². The normalized spacial score (nSPS) is 17.3. The minimum absolute atomic E-state index is 0.179. The first-order chi connectivity index (χ1) is 8.28. The topological polar surface area (TPSA) is 65.6 Å². The summed E-state index contributed by atoms with van der Waals surface area (Å²) in [5.74, 6) is 3.16. The zero-order chi connectivity index (χ0) is 12.1. The van der Waals surface area contributed by atoms with Crippen LogP contribution in [0.3, 0.4) is 0 Å². The predicted molar refractivity (Wildman–Crippen MR) is 67.8 cm³/mol. The van der Waals surface area contributed by atoms with Crippen molar-refractivity contribution < 1.29 is 14.6 Å². The van der Waals surface area contributed by atoms with E-state index in [1.54, 1.807) is 11.8 Å². The smallest absolute Gasteiger partial charge is 0.118 e. The molecule has 0 spiro atoms. The average Bonchev–Trinajstić information content (AvgIpc) is 3.06. The van der Waals surface area contributed by atoms with Gasteiger partial charge in [-0.25, -0.2) is 0 Å². The van der Waals surface area contributed by atoms with Crippen molar-refractivity contribution in [3.8, 4) is 0 Å². The highest BCUT2D eigenvalue weighted by Crippen LogP contribution is 2.20. The second-order valence-corrected chi connectivity index (χ2v) is 5.40. The molecule has 4 nitrogen and oxygen atoms in total. The van der Waals surface area contributed by atoms with Crippen LogP contribution >= 0.6 is 11.8 Å². The van der Waals surface area contributed by atoms with Gasteiger partial charge in [0.2, 0.25) is 0 Å². The van der Waals surface area contributed by atoms with Crippen LogP contribution in [0.5, 0.6) is 0 Å². The van der Waals surface area contributed by atoms with Crippen molar-refractivity contribution in [2.45, 2.75) is 37.3 Å². The van der Waals surface area contributed by atoms with E-state index < -0.39 is 6.10 Å². The number of furan rings is 1. The van der Waals surface area contributed by atoms with Crippen LogP contribution in [0.2, 0.25) is 0 Å². The van der Waals surface area contributed by atoms with Gasteiger partial charge in [0.25, 0.3) is 0 Å². The third-order valence-corrected chi connectivity index (χ3v) is 3.73. The molecular formula is C12H19NO3S. The standard InChI is InChI=1S/C12H19NO3S/c14-6-10(15)7-17-8-12-4-3-11(16-12)5-13-9-1-2-9/h3-4,9-10,13-15H,1-2,5-8H2. The fraction of sp³-hybridized carbons (Fsp3) is 0.667. The van der Waals surface area contributed by atoms with E-state index in [2.05, 4.69) is 5.32 Å². The third-order valence-electron chi connectivity index (χ3n) is 2.62. The monoisotopic (exact) mass is 257 g/mol. The molecule has 1 unspecified atom stereocenters. The molecule has 17 heavy (non-hydrogen) atoms. The van der Waals surface area contributed by atoms with Crippen molar-refractivity contribution in [2.75, 3.05) is 12.4 Å². The third kappa shape index (κ3) is 4.71. The molecule has 1 heterocycles. The number of hydrogen-bond acceptors (Lipinski definition) is 5. The molecule has 0 radical (unpaired) electrons. The molecule has 1 atom stereocenters. The Kier molecular flexibility index (Phi) is 4.91. The van der Waals surface area contributed by atoms with E-state index >= 15 is 0 Å². The molecule has 1 aromatic heterocycles. The first-order valence-corrected chi connectivity index (χ1v) is 7.11. The van der Waals surface area contributed by atoms with Gasteiger partial charge in [-0.15, -0.1) is 0 Å². The highest BCUT2D eigenvalue weighted by atomic mass is 32.2. The average molecular weight is 257 g/mol. The van der Waals surface area contributed by atoms with Gasteiger partial charge in [0.05, 0.1) is 25.0 Å². The lowest BCUT2D eigenvalue weighted by atomic mass is 10.4. The SMILES string of the molecule is OCC(O)CSCc1ccc(CNC2CC2)o1. The maximum atomic E-state index is 9.18. The van der Waals surface area contributed by atoms with Gasteiger partial charge in [-0.2, -0.15) is 11.8 Å². The Morgan fingerprint density at radius 2 is 2.18 bits per heavy atom. The molecule has 0 bridgehead atoms. The van der Waals surface area contributed by atoms with Crippen LogP contribution in [0.1, 0.15) is 24.4 Å². The summed E-state index contributed by atoms with van der Waals surface area (Å²) in [6.07, 6.45) is 1.93. The number of aliphatic hydroxyl groups excluding tert-OH is 2. The fourth-order valence-electron chi connectivity index (χ4n) is 1.48. The van der Waals surface area contributed by atoms with E-state index in [0.717, 1.165) is 23.8 Å². The molecule has 0 amide bonds. The second-order valence-electron chi connectivity index (χ2n) is 4.37. The molecule has 96 valence electrons. The van der Waals surface area contributed by atoms with Gasteiger partial charge in [-0.1, -0.05) is 0 Å². The highest BCUT2D eigenvalue weighted by molar-refractivity contribution is 7.98. The first kappa shape index (κ1) is 13.0. The van der Waals surface area contributed by atoms with E-state index in [0.29, 0.717) is 11.8 Å². The lowest BCUT2D eigenvalue weighted by molar-refractivity contribution is 0.113. The molecule has 0 aromatic carbocycles. The largest absolute Gasteiger partial charge is 0.464 e.